The van der Waals surface area contributed by atoms with Gasteiger partial charge < -0.3 is 4.74 Å². The van der Waals surface area contributed by atoms with Crippen LogP contribution in [0, 0.1) is 17.8 Å². The summed E-state index contributed by atoms with van der Waals surface area (Å²) in [5, 5.41) is 3.40. The van der Waals surface area contributed by atoms with E-state index in [1.54, 1.807) is 0 Å². The van der Waals surface area contributed by atoms with Crippen molar-refractivity contribution < 1.29 is 4.74 Å². The van der Waals surface area contributed by atoms with Crippen molar-refractivity contribution in [2.45, 2.75) is 70.6 Å². The zero-order valence-electron chi connectivity index (χ0n) is 15.4. The molecule has 0 bridgehead atoms. The molecule has 2 aliphatic carbocycles. The van der Waals surface area contributed by atoms with Gasteiger partial charge in [-0.25, -0.2) is 0 Å². The maximum absolute atomic E-state index is 8.28. The highest BCUT2D eigenvalue weighted by Gasteiger charge is 2.30. The van der Waals surface area contributed by atoms with Crippen LogP contribution >= 0.6 is 0 Å². The monoisotopic (exact) mass is 341 g/mol. The van der Waals surface area contributed by atoms with Gasteiger partial charge in [0, 0.05) is 4.91 Å². The summed E-state index contributed by atoms with van der Waals surface area (Å²) in [7, 11) is 0. The van der Waals surface area contributed by atoms with Gasteiger partial charge in [0.1, 0.15) is 5.75 Å². The van der Waals surface area contributed by atoms with Crippen LogP contribution in [0.2, 0.25) is 0 Å². The number of hydrogen-bond donors (Lipinski definition) is 0. The number of nitrogens with zero attached hydrogens (tertiary/aromatic N) is 3. The Morgan fingerprint density at radius 1 is 0.960 bits per heavy atom. The van der Waals surface area contributed by atoms with Crippen LogP contribution in [-0.2, 0) is 0 Å². The average molecular weight is 341 g/mol. The zero-order valence-corrected chi connectivity index (χ0v) is 15.4. The number of hydrogen-bond acceptors (Lipinski definition) is 2. The van der Waals surface area contributed by atoms with Crippen LogP contribution in [0.1, 0.15) is 76.2 Å². The van der Waals surface area contributed by atoms with E-state index < -0.39 is 0 Å². The molecule has 4 heteroatoms. The molecule has 2 aliphatic rings. The van der Waals surface area contributed by atoms with Crippen molar-refractivity contribution in [1.29, 1.82) is 0 Å². The Labute approximate surface area is 151 Å². The van der Waals surface area contributed by atoms with E-state index in [2.05, 4.69) is 29.1 Å². The fourth-order valence-corrected chi connectivity index (χ4v) is 4.96. The van der Waals surface area contributed by atoms with Gasteiger partial charge in [-0.05, 0) is 85.4 Å². The Morgan fingerprint density at radius 2 is 1.56 bits per heavy atom. The van der Waals surface area contributed by atoms with Gasteiger partial charge in [0.05, 0.1) is 0 Å². The van der Waals surface area contributed by atoms with Gasteiger partial charge in [0.15, 0.2) is 6.73 Å². The molecule has 0 amide bonds. The fourth-order valence-electron chi connectivity index (χ4n) is 4.96. The molecule has 0 unspecified atom stereocenters. The van der Waals surface area contributed by atoms with E-state index in [1.165, 1.54) is 63.4 Å². The van der Waals surface area contributed by atoms with Gasteiger partial charge in [-0.1, -0.05) is 43.4 Å². The fraction of sp³-hybridized carbons (Fsp3) is 0.714. The van der Waals surface area contributed by atoms with Crippen LogP contribution in [0.15, 0.2) is 29.4 Å². The first-order valence-electron chi connectivity index (χ1n) is 10.0. The molecule has 0 aliphatic heterocycles. The first-order chi connectivity index (χ1) is 12.3. The van der Waals surface area contributed by atoms with Gasteiger partial charge in [0.2, 0.25) is 0 Å². The first-order valence-corrected chi connectivity index (χ1v) is 10.0. The van der Waals surface area contributed by atoms with E-state index in [-0.39, 0.29) is 6.73 Å². The van der Waals surface area contributed by atoms with Crippen molar-refractivity contribution >= 4 is 0 Å². The summed E-state index contributed by atoms with van der Waals surface area (Å²) in [4.78, 5) is 2.70. The lowest BCUT2D eigenvalue weighted by Gasteiger charge is -2.38. The summed E-state index contributed by atoms with van der Waals surface area (Å²) in [6, 6.07) is 8.37. The summed E-state index contributed by atoms with van der Waals surface area (Å²) < 4.78 is 5.38. The number of rotatable bonds is 6. The minimum atomic E-state index is 0.0568. The Morgan fingerprint density at radius 3 is 2.12 bits per heavy atom. The van der Waals surface area contributed by atoms with Crippen molar-refractivity contribution in [1.82, 2.24) is 0 Å². The highest BCUT2D eigenvalue weighted by molar-refractivity contribution is 5.29. The second kappa shape index (κ2) is 9.15. The Balaban J connectivity index is 1.46. The molecule has 0 saturated heterocycles. The topological polar surface area (TPSA) is 58.0 Å². The molecule has 1 aromatic carbocycles. The molecule has 0 radical (unpaired) electrons. The summed E-state index contributed by atoms with van der Waals surface area (Å²) in [5.74, 6) is 4.46. The van der Waals surface area contributed by atoms with Crippen LogP contribution in [-0.4, -0.2) is 6.73 Å². The standard InChI is InChI=1S/C21H31N3O/c1-2-16-3-5-17(6-4-16)18-7-9-19(10-8-18)20-11-13-21(14-12-20)25-15-23-24-22/h11-14,16-19H,2-10,15H2,1H3. The van der Waals surface area contributed by atoms with Crippen LogP contribution in [0.25, 0.3) is 10.4 Å². The van der Waals surface area contributed by atoms with Crippen molar-refractivity contribution in [3.63, 3.8) is 0 Å². The zero-order chi connectivity index (χ0) is 17.5. The molecular formula is C21H31N3O. The molecule has 4 nitrogen and oxygen atoms in total. The van der Waals surface area contributed by atoms with E-state index >= 15 is 0 Å². The molecule has 2 fully saturated rings. The smallest absolute Gasteiger partial charge is 0.167 e. The SMILES string of the molecule is CCC1CCC(C2CCC(c3ccc(OCN=[N+]=[N-])cc3)CC2)CC1. The lowest BCUT2D eigenvalue weighted by Crippen LogP contribution is -2.25. The van der Waals surface area contributed by atoms with Gasteiger partial charge in [-0.3, -0.25) is 0 Å². The maximum atomic E-state index is 8.28. The molecule has 25 heavy (non-hydrogen) atoms. The Kier molecular flexibility index (Phi) is 6.63. The minimum absolute atomic E-state index is 0.0568. The van der Waals surface area contributed by atoms with E-state index in [1.807, 2.05) is 12.1 Å². The third-order valence-corrected chi connectivity index (χ3v) is 6.61. The van der Waals surface area contributed by atoms with Crippen molar-refractivity contribution in [2.75, 3.05) is 6.73 Å². The van der Waals surface area contributed by atoms with E-state index in [4.69, 9.17) is 10.3 Å². The molecule has 0 spiro atoms. The molecule has 0 N–H and O–H groups in total. The second-order valence-electron chi connectivity index (χ2n) is 7.87. The highest BCUT2D eigenvalue weighted by atomic mass is 16.5. The normalized spacial score (nSPS) is 29.6. The van der Waals surface area contributed by atoms with Gasteiger partial charge in [-0.15, -0.1) is 0 Å². The number of benzene rings is 1. The summed E-state index contributed by atoms with van der Waals surface area (Å²) >= 11 is 0. The second-order valence-corrected chi connectivity index (χ2v) is 7.87. The van der Waals surface area contributed by atoms with Gasteiger partial charge in [0.25, 0.3) is 0 Å². The molecule has 136 valence electrons. The van der Waals surface area contributed by atoms with Crippen molar-refractivity contribution in [3.8, 4) is 5.75 Å². The molecule has 2 saturated carbocycles. The molecule has 1 aromatic rings. The van der Waals surface area contributed by atoms with Crippen LogP contribution in [0.3, 0.4) is 0 Å². The van der Waals surface area contributed by atoms with Gasteiger partial charge in [-0.2, -0.15) is 0 Å². The quantitative estimate of drug-likeness (QED) is 0.318. The molecular weight excluding hydrogens is 310 g/mol. The summed E-state index contributed by atoms with van der Waals surface area (Å²) in [6.07, 6.45) is 12.7. The Hall–Kier alpha value is -1.67. The van der Waals surface area contributed by atoms with Gasteiger partial charge >= 0.3 is 0 Å². The van der Waals surface area contributed by atoms with Crippen LogP contribution in [0.4, 0.5) is 0 Å². The van der Waals surface area contributed by atoms with E-state index in [0.717, 1.165) is 23.5 Å². The molecule has 0 heterocycles. The highest BCUT2D eigenvalue weighted by Crippen LogP contribution is 2.44. The minimum Gasteiger partial charge on any atom is -0.488 e. The Bertz CT molecular complexity index is 563. The number of ether oxygens (including phenoxy) is 1. The number of azide groups is 1. The predicted octanol–water partition coefficient (Wildman–Crippen LogP) is 6.82. The lowest BCUT2D eigenvalue weighted by molar-refractivity contribution is 0.158. The molecule has 0 atom stereocenters. The molecule has 3 rings (SSSR count). The average Bonchev–Trinajstić information content (AvgIpc) is 2.69. The first kappa shape index (κ1) is 18.1. The maximum Gasteiger partial charge on any atom is 0.167 e. The predicted molar refractivity (Wildman–Crippen MR) is 102 cm³/mol. The van der Waals surface area contributed by atoms with E-state index in [9.17, 15) is 0 Å². The van der Waals surface area contributed by atoms with E-state index in [0.29, 0.717) is 5.92 Å². The third-order valence-electron chi connectivity index (χ3n) is 6.61. The van der Waals surface area contributed by atoms with Crippen molar-refractivity contribution in [2.24, 2.45) is 22.9 Å². The van der Waals surface area contributed by atoms with Crippen LogP contribution in [0.5, 0.6) is 5.75 Å². The van der Waals surface area contributed by atoms with Crippen LogP contribution < -0.4 is 4.74 Å². The molecule has 0 aromatic heterocycles. The summed E-state index contributed by atoms with van der Waals surface area (Å²) in [5.41, 5.74) is 9.71. The largest absolute Gasteiger partial charge is 0.488 e. The third kappa shape index (κ3) is 4.92. The summed E-state index contributed by atoms with van der Waals surface area (Å²) in [6.45, 7) is 2.41. The lowest BCUT2D eigenvalue weighted by atomic mass is 9.68. The van der Waals surface area contributed by atoms with Crippen molar-refractivity contribution in [3.05, 3.63) is 40.3 Å².